The van der Waals surface area contributed by atoms with Crippen molar-refractivity contribution in [3.8, 4) is 0 Å². The summed E-state index contributed by atoms with van der Waals surface area (Å²) in [4.78, 5) is 11.2. The van der Waals surface area contributed by atoms with Gasteiger partial charge in [-0.25, -0.2) is 9.98 Å². The van der Waals surface area contributed by atoms with Crippen LogP contribution in [-0.4, -0.2) is 50.8 Å². The lowest BCUT2D eigenvalue weighted by Crippen LogP contribution is -2.41. The van der Waals surface area contributed by atoms with Crippen LogP contribution in [0.1, 0.15) is 25.5 Å². The van der Waals surface area contributed by atoms with Gasteiger partial charge in [0.05, 0.1) is 18.3 Å². The normalized spacial score (nSPS) is 17.5. The molecule has 0 spiro atoms. The lowest BCUT2D eigenvalue weighted by atomic mass is 10.2. The summed E-state index contributed by atoms with van der Waals surface area (Å²) in [6.07, 6.45) is 2.58. The van der Waals surface area contributed by atoms with Crippen LogP contribution in [0, 0.1) is 0 Å². The minimum atomic E-state index is 0. The average Bonchev–Trinajstić information content (AvgIpc) is 3.03. The second kappa shape index (κ2) is 10.6. The van der Waals surface area contributed by atoms with E-state index in [4.69, 9.17) is 4.74 Å². The molecular formula is C16H28IN5O. The highest BCUT2D eigenvalue weighted by molar-refractivity contribution is 14.0. The Labute approximate surface area is 156 Å². The fraction of sp³-hybridized carbons (Fsp3) is 0.625. The number of hydrogen-bond donors (Lipinski definition) is 2. The monoisotopic (exact) mass is 433 g/mol. The molecule has 1 aromatic heterocycles. The van der Waals surface area contributed by atoms with Crippen LogP contribution >= 0.6 is 24.0 Å². The second-order valence-electron chi connectivity index (χ2n) is 5.59. The SMILES string of the molecule is CCNC(=NCc1cccc(N(C)C)n1)NCC1CCCO1.I. The number of pyridine rings is 1. The summed E-state index contributed by atoms with van der Waals surface area (Å²) in [6.45, 7) is 5.14. The van der Waals surface area contributed by atoms with Gasteiger partial charge in [0.25, 0.3) is 0 Å². The zero-order valence-electron chi connectivity index (χ0n) is 14.2. The zero-order valence-corrected chi connectivity index (χ0v) is 16.5. The van der Waals surface area contributed by atoms with Crippen molar-refractivity contribution in [2.75, 3.05) is 38.7 Å². The lowest BCUT2D eigenvalue weighted by Gasteiger charge is -2.15. The summed E-state index contributed by atoms with van der Waals surface area (Å²) < 4.78 is 5.62. The van der Waals surface area contributed by atoms with Crippen molar-refractivity contribution >= 4 is 35.8 Å². The van der Waals surface area contributed by atoms with Gasteiger partial charge < -0.3 is 20.3 Å². The Morgan fingerprint density at radius 3 is 2.87 bits per heavy atom. The van der Waals surface area contributed by atoms with Crippen molar-refractivity contribution in [1.29, 1.82) is 0 Å². The van der Waals surface area contributed by atoms with Gasteiger partial charge >= 0.3 is 0 Å². The zero-order chi connectivity index (χ0) is 15.8. The Kier molecular flexibility index (Phi) is 9.23. The van der Waals surface area contributed by atoms with Crippen LogP contribution in [-0.2, 0) is 11.3 Å². The van der Waals surface area contributed by atoms with Crippen LogP contribution in [0.5, 0.6) is 0 Å². The van der Waals surface area contributed by atoms with Crippen LogP contribution in [0.25, 0.3) is 0 Å². The lowest BCUT2D eigenvalue weighted by molar-refractivity contribution is 0.114. The molecule has 1 atom stereocenters. The Morgan fingerprint density at radius 1 is 1.39 bits per heavy atom. The van der Waals surface area contributed by atoms with Gasteiger partial charge in [0.1, 0.15) is 5.82 Å². The molecule has 0 bridgehead atoms. The molecule has 0 aromatic carbocycles. The third-order valence-corrected chi connectivity index (χ3v) is 3.51. The molecule has 1 fully saturated rings. The molecular weight excluding hydrogens is 405 g/mol. The van der Waals surface area contributed by atoms with E-state index in [-0.39, 0.29) is 24.0 Å². The number of halogens is 1. The number of anilines is 1. The molecule has 130 valence electrons. The first-order valence-corrected chi connectivity index (χ1v) is 7.96. The number of rotatable bonds is 6. The van der Waals surface area contributed by atoms with Crippen LogP contribution in [0.2, 0.25) is 0 Å². The number of aromatic nitrogens is 1. The van der Waals surface area contributed by atoms with Crippen LogP contribution in [0.4, 0.5) is 5.82 Å². The summed E-state index contributed by atoms with van der Waals surface area (Å²) in [5, 5.41) is 6.61. The molecule has 0 radical (unpaired) electrons. The smallest absolute Gasteiger partial charge is 0.191 e. The summed E-state index contributed by atoms with van der Waals surface area (Å²) in [6, 6.07) is 6.01. The van der Waals surface area contributed by atoms with Gasteiger partial charge in [-0.15, -0.1) is 24.0 Å². The van der Waals surface area contributed by atoms with E-state index in [0.29, 0.717) is 12.6 Å². The summed E-state index contributed by atoms with van der Waals surface area (Å²) in [7, 11) is 3.98. The molecule has 7 heteroatoms. The maximum Gasteiger partial charge on any atom is 0.191 e. The fourth-order valence-electron chi connectivity index (χ4n) is 2.32. The van der Waals surface area contributed by atoms with Crippen LogP contribution in [0.3, 0.4) is 0 Å². The van der Waals surface area contributed by atoms with Crippen molar-refractivity contribution < 1.29 is 4.74 Å². The van der Waals surface area contributed by atoms with E-state index in [1.54, 1.807) is 0 Å². The van der Waals surface area contributed by atoms with Gasteiger partial charge in [-0.05, 0) is 31.9 Å². The van der Waals surface area contributed by atoms with Crippen LogP contribution in [0.15, 0.2) is 23.2 Å². The van der Waals surface area contributed by atoms with Gasteiger partial charge in [-0.2, -0.15) is 0 Å². The van der Waals surface area contributed by atoms with Gasteiger partial charge in [0, 0.05) is 33.8 Å². The van der Waals surface area contributed by atoms with E-state index >= 15 is 0 Å². The number of guanidine groups is 1. The molecule has 6 nitrogen and oxygen atoms in total. The number of ether oxygens (including phenoxy) is 1. The van der Waals surface area contributed by atoms with E-state index in [0.717, 1.165) is 50.0 Å². The van der Waals surface area contributed by atoms with E-state index < -0.39 is 0 Å². The number of aliphatic imine (C=N–C) groups is 1. The maximum atomic E-state index is 5.62. The highest BCUT2D eigenvalue weighted by Gasteiger charge is 2.15. The predicted molar refractivity (Wildman–Crippen MR) is 106 cm³/mol. The van der Waals surface area contributed by atoms with Crippen molar-refractivity contribution in [2.45, 2.75) is 32.4 Å². The standard InChI is InChI=1S/C16H27N5O.HI/c1-4-17-16(19-12-14-8-6-10-22-14)18-11-13-7-5-9-15(20-13)21(2)3;/h5,7,9,14H,4,6,8,10-12H2,1-3H3,(H2,17,18,19);1H. The minimum absolute atomic E-state index is 0. The molecule has 1 aromatic rings. The minimum Gasteiger partial charge on any atom is -0.376 e. The molecule has 2 rings (SSSR count). The molecule has 1 saturated heterocycles. The molecule has 0 aliphatic carbocycles. The third-order valence-electron chi connectivity index (χ3n) is 3.51. The summed E-state index contributed by atoms with van der Waals surface area (Å²) in [5.41, 5.74) is 0.959. The van der Waals surface area contributed by atoms with Gasteiger partial charge in [0.15, 0.2) is 5.96 Å². The number of nitrogens with zero attached hydrogens (tertiary/aromatic N) is 3. The van der Waals surface area contributed by atoms with Crippen molar-refractivity contribution in [2.24, 2.45) is 4.99 Å². The van der Waals surface area contributed by atoms with Gasteiger partial charge in [-0.3, -0.25) is 0 Å². The molecule has 0 amide bonds. The number of nitrogens with one attached hydrogen (secondary N) is 2. The predicted octanol–water partition coefficient (Wildman–Crippen LogP) is 2.00. The van der Waals surface area contributed by atoms with Crippen molar-refractivity contribution in [3.05, 3.63) is 23.9 Å². The third kappa shape index (κ3) is 6.90. The second-order valence-corrected chi connectivity index (χ2v) is 5.59. The Bertz CT molecular complexity index is 489. The van der Waals surface area contributed by atoms with E-state index in [9.17, 15) is 0 Å². The molecule has 1 aliphatic rings. The molecule has 2 heterocycles. The Hall–Kier alpha value is -1.09. The summed E-state index contributed by atoms with van der Waals surface area (Å²) in [5.74, 6) is 1.76. The van der Waals surface area contributed by atoms with Gasteiger partial charge in [0.2, 0.25) is 0 Å². The molecule has 0 saturated carbocycles. The summed E-state index contributed by atoms with van der Waals surface area (Å²) >= 11 is 0. The van der Waals surface area contributed by atoms with Gasteiger partial charge in [-0.1, -0.05) is 6.07 Å². The maximum absolute atomic E-state index is 5.62. The largest absolute Gasteiger partial charge is 0.376 e. The highest BCUT2D eigenvalue weighted by atomic mass is 127. The first-order chi connectivity index (χ1) is 10.7. The topological polar surface area (TPSA) is 61.8 Å². The first-order valence-electron chi connectivity index (χ1n) is 7.96. The fourth-order valence-corrected chi connectivity index (χ4v) is 2.32. The first kappa shape index (κ1) is 20.0. The average molecular weight is 433 g/mol. The Morgan fingerprint density at radius 2 is 2.22 bits per heavy atom. The van der Waals surface area contributed by atoms with Crippen LogP contribution < -0.4 is 15.5 Å². The molecule has 2 N–H and O–H groups in total. The van der Waals surface area contributed by atoms with E-state index in [1.807, 2.05) is 37.2 Å². The van der Waals surface area contributed by atoms with Crippen molar-refractivity contribution in [3.63, 3.8) is 0 Å². The molecule has 23 heavy (non-hydrogen) atoms. The highest BCUT2D eigenvalue weighted by Crippen LogP contribution is 2.11. The van der Waals surface area contributed by atoms with Crippen molar-refractivity contribution in [1.82, 2.24) is 15.6 Å². The van der Waals surface area contributed by atoms with E-state index in [2.05, 4.69) is 27.5 Å². The number of hydrogen-bond acceptors (Lipinski definition) is 4. The van der Waals surface area contributed by atoms with E-state index in [1.165, 1.54) is 0 Å². The quantitative estimate of drug-likeness (QED) is 0.408. The molecule has 1 unspecified atom stereocenters. The molecule has 1 aliphatic heterocycles. The Balaban J connectivity index is 0.00000264.